The third-order valence-corrected chi connectivity index (χ3v) is 4.37. The van der Waals surface area contributed by atoms with Gasteiger partial charge in [0.1, 0.15) is 11.5 Å². The minimum absolute atomic E-state index is 0.139. The van der Waals surface area contributed by atoms with Crippen molar-refractivity contribution in [2.75, 3.05) is 0 Å². The fraction of sp³-hybridized carbons (Fsp3) is 0.118. The summed E-state index contributed by atoms with van der Waals surface area (Å²) in [5.41, 5.74) is 3.30. The molecule has 4 aromatic rings. The number of aromatic nitrogens is 6. The van der Waals surface area contributed by atoms with Crippen LogP contribution in [-0.4, -0.2) is 29.9 Å². The zero-order valence-corrected chi connectivity index (χ0v) is 14.5. The molecule has 1 aromatic carbocycles. The molecule has 0 amide bonds. The third kappa shape index (κ3) is 3.04. The first kappa shape index (κ1) is 16.3. The van der Waals surface area contributed by atoms with Gasteiger partial charge in [-0.25, -0.2) is 24.1 Å². The highest BCUT2D eigenvalue weighted by atomic mass is 32.1. The van der Waals surface area contributed by atoms with Crippen LogP contribution < -0.4 is 5.56 Å². The first-order valence-electron chi connectivity index (χ1n) is 7.75. The van der Waals surface area contributed by atoms with Crippen molar-refractivity contribution in [3.05, 3.63) is 68.7 Å². The van der Waals surface area contributed by atoms with Gasteiger partial charge < -0.3 is 0 Å². The standard InChI is InChI=1S/C17H13FN6OS/c1-10-6-12(17(25)22-21-10)16-20-15(14-8-26-9-19-14)23-24(16)7-11-4-2-3-5-13(11)18/h2-6,8-9H,7H2,1H3,(H,22,25). The van der Waals surface area contributed by atoms with Gasteiger partial charge in [-0.05, 0) is 19.1 Å². The quantitative estimate of drug-likeness (QED) is 0.598. The molecule has 0 spiro atoms. The Kier molecular flexibility index (Phi) is 4.13. The first-order valence-corrected chi connectivity index (χ1v) is 8.69. The van der Waals surface area contributed by atoms with Crippen molar-refractivity contribution < 1.29 is 4.39 Å². The number of hydrogen-bond donors (Lipinski definition) is 1. The lowest BCUT2D eigenvalue weighted by Crippen LogP contribution is -2.15. The van der Waals surface area contributed by atoms with Crippen LogP contribution in [-0.2, 0) is 6.54 Å². The maximum absolute atomic E-state index is 14.1. The topological polar surface area (TPSA) is 89.4 Å². The van der Waals surface area contributed by atoms with Gasteiger partial charge in [-0.2, -0.15) is 5.10 Å². The Balaban J connectivity index is 1.87. The Bertz CT molecular complexity index is 1120. The molecule has 0 atom stereocenters. The molecule has 3 aromatic heterocycles. The van der Waals surface area contributed by atoms with Gasteiger partial charge in [-0.1, -0.05) is 18.2 Å². The zero-order chi connectivity index (χ0) is 18.1. The highest BCUT2D eigenvalue weighted by Crippen LogP contribution is 2.22. The van der Waals surface area contributed by atoms with Crippen LogP contribution in [0.3, 0.4) is 0 Å². The van der Waals surface area contributed by atoms with Gasteiger partial charge in [0.2, 0.25) is 5.82 Å². The zero-order valence-electron chi connectivity index (χ0n) is 13.7. The van der Waals surface area contributed by atoms with Crippen LogP contribution in [0.5, 0.6) is 0 Å². The second-order valence-electron chi connectivity index (χ2n) is 5.63. The number of nitrogens with one attached hydrogen (secondary N) is 1. The van der Waals surface area contributed by atoms with Gasteiger partial charge in [-0.15, -0.1) is 16.4 Å². The maximum Gasteiger partial charge on any atom is 0.275 e. The molecule has 0 bridgehead atoms. The van der Waals surface area contributed by atoms with E-state index in [9.17, 15) is 9.18 Å². The summed E-state index contributed by atoms with van der Waals surface area (Å²) in [5, 5.41) is 12.6. The van der Waals surface area contributed by atoms with E-state index in [1.54, 1.807) is 36.7 Å². The number of aryl methyl sites for hydroxylation is 1. The van der Waals surface area contributed by atoms with Gasteiger partial charge in [0.25, 0.3) is 5.56 Å². The Morgan fingerprint density at radius 2 is 2.15 bits per heavy atom. The summed E-state index contributed by atoms with van der Waals surface area (Å²) >= 11 is 1.42. The molecule has 3 heterocycles. The number of hydrogen-bond acceptors (Lipinski definition) is 6. The molecule has 1 N–H and O–H groups in total. The molecule has 4 rings (SSSR count). The number of aromatic amines is 1. The lowest BCUT2D eigenvalue weighted by molar-refractivity contribution is 0.587. The van der Waals surface area contributed by atoms with E-state index in [2.05, 4.69) is 25.3 Å². The number of halogens is 1. The first-order chi connectivity index (χ1) is 12.6. The molecule has 0 saturated carbocycles. The maximum atomic E-state index is 14.1. The summed E-state index contributed by atoms with van der Waals surface area (Å²) < 4.78 is 15.6. The highest BCUT2D eigenvalue weighted by Gasteiger charge is 2.18. The van der Waals surface area contributed by atoms with Gasteiger partial charge in [0, 0.05) is 10.9 Å². The molecule has 0 aliphatic rings. The molecule has 0 fully saturated rings. The van der Waals surface area contributed by atoms with Crippen LogP contribution in [0, 0.1) is 12.7 Å². The van der Waals surface area contributed by atoms with E-state index in [4.69, 9.17) is 0 Å². The fourth-order valence-corrected chi connectivity index (χ4v) is 3.07. The van der Waals surface area contributed by atoms with Crippen molar-refractivity contribution in [3.63, 3.8) is 0 Å². The van der Waals surface area contributed by atoms with Crippen molar-refractivity contribution >= 4 is 11.3 Å². The summed E-state index contributed by atoms with van der Waals surface area (Å²) in [5.74, 6) is 0.374. The van der Waals surface area contributed by atoms with Crippen LogP contribution >= 0.6 is 11.3 Å². The number of benzene rings is 1. The normalized spacial score (nSPS) is 11.0. The molecule has 7 nitrogen and oxygen atoms in total. The fourth-order valence-electron chi connectivity index (χ4n) is 2.54. The van der Waals surface area contributed by atoms with Crippen LogP contribution in [0.1, 0.15) is 11.3 Å². The molecular weight excluding hydrogens is 355 g/mol. The Morgan fingerprint density at radius 1 is 1.31 bits per heavy atom. The molecule has 130 valence electrons. The second kappa shape index (κ2) is 6.60. The van der Waals surface area contributed by atoms with E-state index in [0.717, 1.165) is 0 Å². The smallest absolute Gasteiger partial charge is 0.267 e. The molecule has 9 heteroatoms. The van der Waals surface area contributed by atoms with E-state index in [1.807, 2.05) is 5.38 Å². The molecule has 0 unspecified atom stereocenters. The van der Waals surface area contributed by atoms with Gasteiger partial charge in [-0.3, -0.25) is 4.79 Å². The summed E-state index contributed by atoms with van der Waals surface area (Å²) in [6, 6.07) is 8.06. The third-order valence-electron chi connectivity index (χ3n) is 3.78. The summed E-state index contributed by atoms with van der Waals surface area (Å²) in [6.45, 7) is 1.90. The lowest BCUT2D eigenvalue weighted by atomic mass is 10.2. The van der Waals surface area contributed by atoms with Crippen LogP contribution in [0.25, 0.3) is 22.9 Å². The average Bonchev–Trinajstić information content (AvgIpc) is 3.29. The second-order valence-corrected chi connectivity index (χ2v) is 6.35. The molecule has 26 heavy (non-hydrogen) atoms. The number of H-pyrrole nitrogens is 1. The minimum atomic E-state index is -0.386. The Hall–Kier alpha value is -3.20. The molecule has 0 aliphatic heterocycles. The molecule has 0 radical (unpaired) electrons. The van der Waals surface area contributed by atoms with E-state index in [0.29, 0.717) is 34.2 Å². The number of thiazole rings is 1. The summed E-state index contributed by atoms with van der Waals surface area (Å²) in [7, 11) is 0. The average molecular weight is 368 g/mol. The Labute approximate surface area is 151 Å². The molecule has 0 saturated heterocycles. The predicted octanol–water partition coefficient (Wildman–Crippen LogP) is 2.65. The van der Waals surface area contributed by atoms with Crippen LogP contribution in [0.4, 0.5) is 4.39 Å². The van der Waals surface area contributed by atoms with E-state index in [-0.39, 0.29) is 17.9 Å². The predicted molar refractivity (Wildman–Crippen MR) is 95.2 cm³/mol. The summed E-state index contributed by atoms with van der Waals surface area (Å²) in [4.78, 5) is 20.9. The molecule has 0 aliphatic carbocycles. The van der Waals surface area contributed by atoms with Crippen molar-refractivity contribution in [2.24, 2.45) is 0 Å². The van der Waals surface area contributed by atoms with Crippen LogP contribution in [0.2, 0.25) is 0 Å². The highest BCUT2D eigenvalue weighted by molar-refractivity contribution is 7.07. The van der Waals surface area contributed by atoms with Crippen molar-refractivity contribution in [3.8, 4) is 22.9 Å². The van der Waals surface area contributed by atoms with Crippen LogP contribution in [0.15, 0.2) is 46.0 Å². The van der Waals surface area contributed by atoms with E-state index < -0.39 is 0 Å². The number of nitrogens with zero attached hydrogens (tertiary/aromatic N) is 5. The van der Waals surface area contributed by atoms with Crippen molar-refractivity contribution in [1.29, 1.82) is 0 Å². The van der Waals surface area contributed by atoms with Gasteiger partial charge in [0.05, 0.1) is 23.3 Å². The lowest BCUT2D eigenvalue weighted by Gasteiger charge is -2.07. The summed E-state index contributed by atoms with van der Waals surface area (Å²) in [6.07, 6.45) is 0. The van der Waals surface area contributed by atoms with Gasteiger partial charge >= 0.3 is 0 Å². The Morgan fingerprint density at radius 3 is 2.92 bits per heavy atom. The van der Waals surface area contributed by atoms with E-state index in [1.165, 1.54) is 22.1 Å². The van der Waals surface area contributed by atoms with E-state index >= 15 is 0 Å². The number of rotatable bonds is 4. The van der Waals surface area contributed by atoms with Crippen molar-refractivity contribution in [2.45, 2.75) is 13.5 Å². The van der Waals surface area contributed by atoms with Gasteiger partial charge in [0.15, 0.2) is 5.82 Å². The van der Waals surface area contributed by atoms with Crippen molar-refractivity contribution in [1.82, 2.24) is 29.9 Å². The minimum Gasteiger partial charge on any atom is -0.267 e. The largest absolute Gasteiger partial charge is 0.275 e. The molecular formula is C17H13FN6OS. The monoisotopic (exact) mass is 368 g/mol. The SMILES string of the molecule is Cc1cc(-c2nc(-c3cscn3)nn2Cc2ccccc2F)c(=O)[nH]n1.